The maximum Gasteiger partial charge on any atom is 0.320 e. The van der Waals surface area contributed by atoms with E-state index in [1.807, 2.05) is 50.2 Å². The molecular formula is C19H24N4O2. The van der Waals surface area contributed by atoms with Gasteiger partial charge in [0.05, 0.1) is 18.3 Å². The molecule has 1 atom stereocenters. The minimum atomic E-state index is -0.514. The van der Waals surface area contributed by atoms with Crippen molar-refractivity contribution in [1.82, 2.24) is 15.5 Å². The topological polar surface area (TPSA) is 87.1 Å². The molecule has 132 valence electrons. The van der Waals surface area contributed by atoms with Crippen molar-refractivity contribution in [2.45, 2.75) is 38.6 Å². The molecule has 3 rings (SSSR count). The number of hydrogen-bond donors (Lipinski definition) is 3. The van der Waals surface area contributed by atoms with Crippen LogP contribution in [0, 0.1) is 5.41 Å². The SMILES string of the molecule is CC(C)(CO)[C@H](NC(=O)Nc1ccc(C2CC2)nn1)c1ccccc1. The van der Waals surface area contributed by atoms with E-state index < -0.39 is 5.41 Å². The Balaban J connectivity index is 1.69. The van der Waals surface area contributed by atoms with Gasteiger partial charge in [0.2, 0.25) is 0 Å². The highest BCUT2D eigenvalue weighted by Crippen LogP contribution is 2.38. The molecule has 1 aliphatic carbocycles. The van der Waals surface area contributed by atoms with Gasteiger partial charge in [0.1, 0.15) is 0 Å². The quantitative estimate of drug-likeness (QED) is 0.753. The number of anilines is 1. The number of rotatable bonds is 6. The summed E-state index contributed by atoms with van der Waals surface area (Å²) in [5.74, 6) is 0.943. The largest absolute Gasteiger partial charge is 0.396 e. The van der Waals surface area contributed by atoms with Crippen molar-refractivity contribution in [1.29, 1.82) is 0 Å². The van der Waals surface area contributed by atoms with Gasteiger partial charge < -0.3 is 10.4 Å². The highest BCUT2D eigenvalue weighted by atomic mass is 16.3. The first-order chi connectivity index (χ1) is 12.0. The summed E-state index contributed by atoms with van der Waals surface area (Å²) < 4.78 is 0. The molecule has 1 aliphatic rings. The minimum Gasteiger partial charge on any atom is -0.396 e. The Hall–Kier alpha value is -2.47. The van der Waals surface area contributed by atoms with Crippen molar-refractivity contribution in [2.75, 3.05) is 11.9 Å². The summed E-state index contributed by atoms with van der Waals surface area (Å²) in [6.07, 6.45) is 2.33. The highest BCUT2D eigenvalue weighted by Gasteiger charge is 2.31. The van der Waals surface area contributed by atoms with Crippen LogP contribution < -0.4 is 10.6 Å². The number of carbonyl (C=O) groups is 1. The third-order valence-corrected chi connectivity index (χ3v) is 4.52. The maximum absolute atomic E-state index is 12.4. The molecule has 1 fully saturated rings. The zero-order valence-electron chi connectivity index (χ0n) is 14.6. The van der Waals surface area contributed by atoms with E-state index in [1.165, 1.54) is 0 Å². The van der Waals surface area contributed by atoms with Gasteiger partial charge in [0, 0.05) is 11.3 Å². The monoisotopic (exact) mass is 340 g/mol. The van der Waals surface area contributed by atoms with E-state index in [4.69, 9.17) is 0 Å². The third kappa shape index (κ3) is 4.33. The van der Waals surface area contributed by atoms with Gasteiger partial charge in [-0.3, -0.25) is 5.32 Å². The summed E-state index contributed by atoms with van der Waals surface area (Å²) in [5.41, 5.74) is 1.40. The molecule has 0 radical (unpaired) electrons. The van der Waals surface area contributed by atoms with Crippen molar-refractivity contribution in [3.8, 4) is 0 Å². The zero-order valence-corrected chi connectivity index (χ0v) is 14.6. The second-order valence-electron chi connectivity index (χ2n) is 7.21. The fraction of sp³-hybridized carbons (Fsp3) is 0.421. The van der Waals surface area contributed by atoms with Crippen molar-refractivity contribution in [3.05, 3.63) is 53.7 Å². The van der Waals surface area contributed by atoms with E-state index >= 15 is 0 Å². The Bertz CT molecular complexity index is 712. The van der Waals surface area contributed by atoms with Crippen LogP contribution in [-0.4, -0.2) is 27.9 Å². The molecule has 2 amide bonds. The minimum absolute atomic E-state index is 0.0528. The van der Waals surface area contributed by atoms with Gasteiger partial charge in [-0.1, -0.05) is 44.2 Å². The van der Waals surface area contributed by atoms with Crippen LogP contribution in [0.3, 0.4) is 0 Å². The van der Waals surface area contributed by atoms with Crippen LogP contribution in [0.15, 0.2) is 42.5 Å². The smallest absolute Gasteiger partial charge is 0.320 e. The molecule has 1 aromatic carbocycles. The first-order valence-corrected chi connectivity index (χ1v) is 8.56. The normalized spacial score (nSPS) is 15.5. The molecule has 0 bridgehead atoms. The molecular weight excluding hydrogens is 316 g/mol. The van der Waals surface area contributed by atoms with Crippen LogP contribution in [0.25, 0.3) is 0 Å². The van der Waals surface area contributed by atoms with E-state index in [2.05, 4.69) is 20.8 Å². The van der Waals surface area contributed by atoms with Gasteiger partial charge in [0.15, 0.2) is 5.82 Å². The fourth-order valence-electron chi connectivity index (χ4n) is 2.76. The molecule has 6 heteroatoms. The number of aliphatic hydroxyl groups excluding tert-OH is 1. The van der Waals surface area contributed by atoms with Crippen LogP contribution in [0.4, 0.5) is 10.6 Å². The molecule has 1 aromatic heterocycles. The van der Waals surface area contributed by atoms with E-state index in [0.29, 0.717) is 11.7 Å². The average molecular weight is 340 g/mol. The summed E-state index contributed by atoms with van der Waals surface area (Å²) in [6, 6.07) is 12.6. The standard InChI is InChI=1S/C19H24N4O2/c1-19(2,12-24)17(14-6-4-3-5-7-14)21-18(25)20-16-11-10-15(22-23-16)13-8-9-13/h3-7,10-11,13,17,24H,8-9,12H2,1-2H3,(H2,20,21,23,25)/t17-/m1/s1. The second kappa shape index (κ2) is 7.19. The van der Waals surface area contributed by atoms with Crippen molar-refractivity contribution in [2.24, 2.45) is 5.41 Å². The van der Waals surface area contributed by atoms with Crippen LogP contribution in [0.2, 0.25) is 0 Å². The molecule has 6 nitrogen and oxygen atoms in total. The summed E-state index contributed by atoms with van der Waals surface area (Å²) in [5, 5.41) is 23.6. The zero-order chi connectivity index (χ0) is 17.9. The molecule has 1 saturated carbocycles. The van der Waals surface area contributed by atoms with Crippen molar-refractivity contribution >= 4 is 11.8 Å². The number of carbonyl (C=O) groups excluding carboxylic acids is 1. The first kappa shape index (κ1) is 17.4. The Labute approximate surface area is 147 Å². The number of urea groups is 1. The second-order valence-corrected chi connectivity index (χ2v) is 7.21. The fourth-order valence-corrected chi connectivity index (χ4v) is 2.76. The average Bonchev–Trinajstić information content (AvgIpc) is 3.46. The molecule has 25 heavy (non-hydrogen) atoms. The predicted molar refractivity (Wildman–Crippen MR) is 96.2 cm³/mol. The van der Waals surface area contributed by atoms with Gasteiger partial charge in [0.25, 0.3) is 0 Å². The lowest BCUT2D eigenvalue weighted by Gasteiger charge is -2.33. The Morgan fingerprint density at radius 1 is 1.20 bits per heavy atom. The maximum atomic E-state index is 12.4. The Morgan fingerprint density at radius 3 is 2.48 bits per heavy atom. The summed E-state index contributed by atoms with van der Waals surface area (Å²) in [7, 11) is 0. The van der Waals surface area contributed by atoms with Gasteiger partial charge in [-0.2, -0.15) is 5.10 Å². The first-order valence-electron chi connectivity index (χ1n) is 8.56. The number of amides is 2. The summed E-state index contributed by atoms with van der Waals surface area (Å²) in [4.78, 5) is 12.4. The van der Waals surface area contributed by atoms with Gasteiger partial charge in [-0.15, -0.1) is 5.10 Å². The lowest BCUT2D eigenvalue weighted by molar-refractivity contribution is 0.119. The van der Waals surface area contributed by atoms with E-state index in [-0.39, 0.29) is 18.7 Å². The summed E-state index contributed by atoms with van der Waals surface area (Å²) >= 11 is 0. The molecule has 3 N–H and O–H groups in total. The number of aliphatic hydroxyl groups is 1. The Kier molecular flexibility index (Phi) is 4.99. The molecule has 0 unspecified atom stereocenters. The van der Waals surface area contributed by atoms with Crippen LogP contribution >= 0.6 is 0 Å². The number of hydrogen-bond acceptors (Lipinski definition) is 4. The van der Waals surface area contributed by atoms with Crippen LogP contribution in [-0.2, 0) is 0 Å². The highest BCUT2D eigenvalue weighted by molar-refractivity contribution is 5.88. The molecule has 0 spiro atoms. The molecule has 1 heterocycles. The predicted octanol–water partition coefficient (Wildman–Crippen LogP) is 3.24. The van der Waals surface area contributed by atoms with Crippen LogP contribution in [0.5, 0.6) is 0 Å². The molecule has 0 saturated heterocycles. The van der Waals surface area contributed by atoms with E-state index in [0.717, 1.165) is 24.1 Å². The third-order valence-electron chi connectivity index (χ3n) is 4.52. The van der Waals surface area contributed by atoms with Crippen molar-refractivity contribution in [3.63, 3.8) is 0 Å². The van der Waals surface area contributed by atoms with Crippen molar-refractivity contribution < 1.29 is 9.90 Å². The number of nitrogens with one attached hydrogen (secondary N) is 2. The van der Waals surface area contributed by atoms with Gasteiger partial charge in [-0.05, 0) is 30.5 Å². The van der Waals surface area contributed by atoms with Gasteiger partial charge in [-0.25, -0.2) is 4.79 Å². The molecule has 2 aromatic rings. The molecule has 0 aliphatic heterocycles. The van der Waals surface area contributed by atoms with Gasteiger partial charge >= 0.3 is 6.03 Å². The van der Waals surface area contributed by atoms with E-state index in [1.54, 1.807) is 6.07 Å². The lowest BCUT2D eigenvalue weighted by Crippen LogP contribution is -2.42. The van der Waals surface area contributed by atoms with E-state index in [9.17, 15) is 9.90 Å². The summed E-state index contributed by atoms with van der Waals surface area (Å²) in [6.45, 7) is 3.77. The number of aromatic nitrogens is 2. The van der Waals surface area contributed by atoms with Crippen LogP contribution in [0.1, 0.15) is 49.9 Å². The number of benzene rings is 1. The lowest BCUT2D eigenvalue weighted by atomic mass is 9.81. The Morgan fingerprint density at radius 2 is 1.92 bits per heavy atom. The number of nitrogens with zero attached hydrogens (tertiary/aromatic N) is 2.